The maximum Gasteiger partial charge on any atom is 0.261 e. The number of hydrogen-bond donors (Lipinski definition) is 2. The Labute approximate surface area is 247 Å². The van der Waals surface area contributed by atoms with Gasteiger partial charge in [-0.1, -0.05) is 22.0 Å². The Morgan fingerprint density at radius 1 is 0.927 bits per heavy atom. The molecule has 11 nitrogen and oxygen atoms in total. The van der Waals surface area contributed by atoms with Gasteiger partial charge in [-0.05, 0) is 66.2 Å². The fourth-order valence-electron chi connectivity index (χ4n) is 3.95. The average Bonchev–Trinajstić information content (AvgIpc) is 2.97. The molecule has 1 fully saturated rings. The number of rotatable bonds is 10. The van der Waals surface area contributed by atoms with E-state index in [1.807, 2.05) is 0 Å². The number of carbonyl (C=O) groups is 1. The molecule has 0 saturated carbocycles. The second-order valence-electron chi connectivity index (χ2n) is 8.72. The van der Waals surface area contributed by atoms with Gasteiger partial charge in [0.15, 0.2) is 0 Å². The predicted octanol–water partition coefficient (Wildman–Crippen LogP) is 3.94. The molecule has 1 aliphatic heterocycles. The largest absolute Gasteiger partial charge is 0.495 e. The van der Waals surface area contributed by atoms with Gasteiger partial charge in [-0.2, -0.15) is 4.31 Å². The molecule has 0 unspecified atom stereocenters. The van der Waals surface area contributed by atoms with Gasteiger partial charge < -0.3 is 19.5 Å². The van der Waals surface area contributed by atoms with Crippen LogP contribution in [0.1, 0.15) is 5.56 Å². The molecule has 4 rings (SSSR count). The molecule has 3 aromatic rings. The molecule has 0 radical (unpaired) electrons. The lowest BCUT2D eigenvalue weighted by atomic mass is 10.2. The van der Waals surface area contributed by atoms with E-state index < -0.39 is 26.0 Å². The smallest absolute Gasteiger partial charge is 0.261 e. The van der Waals surface area contributed by atoms with Crippen molar-refractivity contribution in [2.45, 2.75) is 9.79 Å². The van der Waals surface area contributed by atoms with Gasteiger partial charge in [0.1, 0.15) is 16.4 Å². The van der Waals surface area contributed by atoms with Crippen LogP contribution in [-0.2, 0) is 29.6 Å². The van der Waals surface area contributed by atoms with Crippen molar-refractivity contribution >= 4 is 59.3 Å². The Hall–Kier alpha value is -3.43. The second-order valence-corrected chi connectivity index (χ2v) is 13.2. The Bertz CT molecular complexity index is 1650. The first-order chi connectivity index (χ1) is 19.5. The van der Waals surface area contributed by atoms with Crippen molar-refractivity contribution in [3.05, 3.63) is 76.8 Å². The maximum atomic E-state index is 13.2. The van der Waals surface area contributed by atoms with Crippen LogP contribution in [0.25, 0.3) is 6.08 Å². The Morgan fingerprint density at radius 3 is 2.24 bits per heavy atom. The average molecular weight is 667 g/mol. The molecule has 0 bridgehead atoms. The normalized spacial score (nSPS) is 14.5. The number of amides is 1. The monoisotopic (exact) mass is 665 g/mol. The molecular formula is C27H28BrN3O8S2. The van der Waals surface area contributed by atoms with Crippen LogP contribution in [0.15, 0.2) is 81.0 Å². The number of hydrogen-bond acceptors (Lipinski definition) is 8. The van der Waals surface area contributed by atoms with Gasteiger partial charge in [0.25, 0.3) is 10.0 Å². The standard InChI is InChI=1S/C27H28BrN3O8S2/c1-37-24-11-9-22(40(33,34)30-21-7-5-20(28)6-8-21)18-23(24)29-27(32)12-4-19-3-10-25(38-2)26(17-19)41(35,36)31-13-15-39-16-14-31/h3-12,17-18,30H,13-16H2,1-2H3,(H,29,32)/b12-4+. The first-order valence-electron chi connectivity index (χ1n) is 12.2. The number of ether oxygens (including phenoxy) is 3. The van der Waals surface area contributed by atoms with Crippen molar-refractivity contribution < 1.29 is 35.8 Å². The number of carbonyl (C=O) groups excluding carboxylic acids is 1. The topological polar surface area (TPSA) is 140 Å². The SMILES string of the molecule is COc1ccc(S(=O)(=O)Nc2ccc(Br)cc2)cc1NC(=O)/C=C/c1ccc(OC)c(S(=O)(=O)N2CCOCC2)c1. The third kappa shape index (κ3) is 7.45. The van der Waals surface area contributed by atoms with E-state index in [1.165, 1.54) is 61.0 Å². The van der Waals surface area contributed by atoms with Crippen LogP contribution in [0.5, 0.6) is 11.5 Å². The van der Waals surface area contributed by atoms with E-state index in [0.29, 0.717) is 24.5 Å². The van der Waals surface area contributed by atoms with Gasteiger partial charge in [-0.3, -0.25) is 9.52 Å². The van der Waals surface area contributed by atoms with Crippen LogP contribution in [0.4, 0.5) is 11.4 Å². The van der Waals surface area contributed by atoms with E-state index in [1.54, 1.807) is 30.3 Å². The summed E-state index contributed by atoms with van der Waals surface area (Å²) in [6.45, 7) is 1.05. The number of nitrogens with zero attached hydrogens (tertiary/aromatic N) is 1. The number of morpholine rings is 1. The summed E-state index contributed by atoms with van der Waals surface area (Å²) in [5.74, 6) is -0.164. The van der Waals surface area contributed by atoms with Gasteiger partial charge in [0, 0.05) is 29.3 Å². The van der Waals surface area contributed by atoms with Crippen molar-refractivity contribution in [3.8, 4) is 11.5 Å². The molecular weight excluding hydrogens is 638 g/mol. The number of halogens is 1. The molecule has 3 aromatic carbocycles. The molecule has 218 valence electrons. The first-order valence-corrected chi connectivity index (χ1v) is 16.0. The summed E-state index contributed by atoms with van der Waals surface area (Å²) in [6, 6.07) is 15.2. The number of benzene rings is 3. The van der Waals surface area contributed by atoms with Gasteiger partial charge in [-0.15, -0.1) is 0 Å². The molecule has 0 spiro atoms. The highest BCUT2D eigenvalue weighted by Gasteiger charge is 2.29. The summed E-state index contributed by atoms with van der Waals surface area (Å²) in [5.41, 5.74) is 0.938. The number of nitrogens with one attached hydrogen (secondary N) is 2. The van der Waals surface area contributed by atoms with E-state index in [0.717, 1.165) is 4.47 Å². The highest BCUT2D eigenvalue weighted by molar-refractivity contribution is 9.10. The van der Waals surface area contributed by atoms with Crippen LogP contribution in [-0.4, -0.2) is 67.6 Å². The van der Waals surface area contributed by atoms with Crippen LogP contribution < -0.4 is 19.5 Å². The summed E-state index contributed by atoms with van der Waals surface area (Å²) in [6.07, 6.45) is 2.64. The van der Waals surface area contributed by atoms with Crippen LogP contribution >= 0.6 is 15.9 Å². The zero-order chi connectivity index (χ0) is 29.6. The first kappa shape index (κ1) is 30.5. The summed E-state index contributed by atoms with van der Waals surface area (Å²) in [7, 11) is -5.05. The molecule has 0 aliphatic carbocycles. The third-order valence-electron chi connectivity index (χ3n) is 6.04. The Kier molecular flexibility index (Phi) is 9.71. The third-order valence-corrected chi connectivity index (χ3v) is 9.87. The summed E-state index contributed by atoms with van der Waals surface area (Å²) < 4.78 is 72.8. The maximum absolute atomic E-state index is 13.2. The van der Waals surface area contributed by atoms with Gasteiger partial charge in [-0.25, -0.2) is 16.8 Å². The van der Waals surface area contributed by atoms with Gasteiger partial charge >= 0.3 is 0 Å². The minimum absolute atomic E-state index is 0.0256. The minimum Gasteiger partial charge on any atom is -0.495 e. The quantitative estimate of drug-likeness (QED) is 0.311. The zero-order valence-electron chi connectivity index (χ0n) is 22.2. The molecule has 0 atom stereocenters. The Balaban J connectivity index is 1.54. The molecule has 14 heteroatoms. The lowest BCUT2D eigenvalue weighted by Gasteiger charge is -2.26. The van der Waals surface area contributed by atoms with Crippen LogP contribution in [0.3, 0.4) is 0 Å². The van der Waals surface area contributed by atoms with E-state index in [2.05, 4.69) is 26.0 Å². The highest BCUT2D eigenvalue weighted by atomic mass is 79.9. The minimum atomic E-state index is -3.97. The van der Waals surface area contributed by atoms with E-state index in [9.17, 15) is 21.6 Å². The second kappa shape index (κ2) is 13.0. The van der Waals surface area contributed by atoms with E-state index >= 15 is 0 Å². The number of sulfonamides is 2. The summed E-state index contributed by atoms with van der Waals surface area (Å²) in [5, 5.41) is 2.62. The fraction of sp³-hybridized carbons (Fsp3) is 0.222. The molecule has 1 saturated heterocycles. The molecule has 1 heterocycles. The lowest BCUT2D eigenvalue weighted by molar-refractivity contribution is -0.111. The summed E-state index contributed by atoms with van der Waals surface area (Å²) >= 11 is 3.31. The van der Waals surface area contributed by atoms with Crippen molar-refractivity contribution in [2.24, 2.45) is 0 Å². The molecule has 1 aliphatic rings. The molecule has 41 heavy (non-hydrogen) atoms. The molecule has 2 N–H and O–H groups in total. The van der Waals surface area contributed by atoms with Crippen molar-refractivity contribution in [2.75, 3.05) is 50.6 Å². The number of methoxy groups -OCH3 is 2. The van der Waals surface area contributed by atoms with Crippen molar-refractivity contribution in [1.29, 1.82) is 0 Å². The Morgan fingerprint density at radius 2 is 1.59 bits per heavy atom. The molecule has 0 aromatic heterocycles. The van der Waals surface area contributed by atoms with Gasteiger partial charge in [0.05, 0.1) is 38.0 Å². The highest BCUT2D eigenvalue weighted by Crippen LogP contribution is 2.30. The van der Waals surface area contributed by atoms with Crippen LogP contribution in [0, 0.1) is 0 Å². The fourth-order valence-corrected chi connectivity index (χ4v) is 6.90. The summed E-state index contributed by atoms with van der Waals surface area (Å²) in [4.78, 5) is 12.7. The van der Waals surface area contributed by atoms with E-state index in [4.69, 9.17) is 14.2 Å². The van der Waals surface area contributed by atoms with Gasteiger partial charge in [0.2, 0.25) is 15.9 Å². The number of anilines is 2. The molecule has 1 amide bonds. The van der Waals surface area contributed by atoms with Crippen LogP contribution in [0.2, 0.25) is 0 Å². The van der Waals surface area contributed by atoms with Crippen molar-refractivity contribution in [3.63, 3.8) is 0 Å². The van der Waals surface area contributed by atoms with E-state index in [-0.39, 0.29) is 40.1 Å². The lowest BCUT2D eigenvalue weighted by Crippen LogP contribution is -2.40. The van der Waals surface area contributed by atoms with Crippen molar-refractivity contribution in [1.82, 2.24) is 4.31 Å². The zero-order valence-corrected chi connectivity index (χ0v) is 25.4. The predicted molar refractivity (Wildman–Crippen MR) is 158 cm³/mol.